The van der Waals surface area contributed by atoms with E-state index in [-0.39, 0.29) is 5.60 Å². The van der Waals surface area contributed by atoms with Crippen LogP contribution in [0.15, 0.2) is 47.7 Å². The number of nitrogens with zero attached hydrogens (tertiary/aromatic N) is 3. The summed E-state index contributed by atoms with van der Waals surface area (Å²) in [5.74, 6) is 0.820. The summed E-state index contributed by atoms with van der Waals surface area (Å²) >= 11 is 0. The smallest absolute Gasteiger partial charge is 0.191 e. The molecule has 2 rings (SSSR count). The van der Waals surface area contributed by atoms with Crippen molar-refractivity contribution in [3.05, 3.63) is 48.3 Å². The van der Waals surface area contributed by atoms with Gasteiger partial charge in [-0.15, -0.1) is 0 Å². The Morgan fingerprint density at radius 1 is 1.24 bits per heavy atom. The van der Waals surface area contributed by atoms with Crippen LogP contribution in [0.3, 0.4) is 0 Å². The molecule has 0 saturated carbocycles. The van der Waals surface area contributed by atoms with E-state index in [0.717, 1.165) is 31.2 Å². The highest BCUT2D eigenvalue weighted by Crippen LogP contribution is 2.09. The summed E-state index contributed by atoms with van der Waals surface area (Å²) in [4.78, 5) is 4.59. The summed E-state index contributed by atoms with van der Waals surface area (Å²) in [6, 6.07) is 10.4. The lowest BCUT2D eigenvalue weighted by Gasteiger charge is -2.21. The molecule has 25 heavy (non-hydrogen) atoms. The van der Waals surface area contributed by atoms with Crippen LogP contribution in [0.2, 0.25) is 0 Å². The number of methoxy groups -OCH3 is 1. The quantitative estimate of drug-likeness (QED) is 0.571. The van der Waals surface area contributed by atoms with Crippen molar-refractivity contribution in [3.8, 4) is 5.69 Å². The molecular formula is C19H29N5O. The SMILES string of the molecule is CCNC(=NCC(C)(C)OC)NCCc1ccc(-n2cccn2)cc1. The molecule has 0 saturated heterocycles. The highest BCUT2D eigenvalue weighted by Gasteiger charge is 2.15. The van der Waals surface area contributed by atoms with Gasteiger partial charge in [-0.1, -0.05) is 12.1 Å². The van der Waals surface area contributed by atoms with E-state index in [1.54, 1.807) is 13.3 Å². The maximum absolute atomic E-state index is 5.41. The summed E-state index contributed by atoms with van der Waals surface area (Å²) in [5, 5.41) is 10.9. The Morgan fingerprint density at radius 2 is 2.00 bits per heavy atom. The predicted molar refractivity (Wildman–Crippen MR) is 102 cm³/mol. The first-order chi connectivity index (χ1) is 12.0. The van der Waals surface area contributed by atoms with E-state index < -0.39 is 0 Å². The number of hydrogen-bond donors (Lipinski definition) is 2. The van der Waals surface area contributed by atoms with Crippen LogP contribution in [-0.2, 0) is 11.2 Å². The van der Waals surface area contributed by atoms with Crippen molar-refractivity contribution in [2.24, 2.45) is 4.99 Å². The standard InChI is InChI=1S/C19H29N5O/c1-5-20-18(22-15-19(2,3)25-4)21-13-11-16-7-9-17(10-8-16)24-14-6-12-23-24/h6-10,12,14H,5,11,13,15H2,1-4H3,(H2,20,21,22). The van der Waals surface area contributed by atoms with E-state index in [0.29, 0.717) is 6.54 Å². The van der Waals surface area contributed by atoms with Crippen molar-refractivity contribution in [1.29, 1.82) is 0 Å². The van der Waals surface area contributed by atoms with Crippen LogP contribution in [0.5, 0.6) is 0 Å². The van der Waals surface area contributed by atoms with Gasteiger partial charge in [-0.2, -0.15) is 5.10 Å². The topological polar surface area (TPSA) is 63.5 Å². The van der Waals surface area contributed by atoms with E-state index in [1.807, 2.05) is 30.8 Å². The third-order valence-corrected chi connectivity index (χ3v) is 3.93. The van der Waals surface area contributed by atoms with Crippen molar-refractivity contribution >= 4 is 5.96 Å². The molecule has 0 aliphatic rings. The monoisotopic (exact) mass is 343 g/mol. The van der Waals surface area contributed by atoms with Gasteiger partial charge in [0.05, 0.1) is 17.8 Å². The van der Waals surface area contributed by atoms with Gasteiger partial charge in [0.2, 0.25) is 0 Å². The summed E-state index contributed by atoms with van der Waals surface area (Å²) in [7, 11) is 1.71. The van der Waals surface area contributed by atoms with Gasteiger partial charge in [0.1, 0.15) is 0 Å². The zero-order valence-corrected chi connectivity index (χ0v) is 15.6. The summed E-state index contributed by atoms with van der Waals surface area (Å²) in [5.41, 5.74) is 2.08. The number of hydrogen-bond acceptors (Lipinski definition) is 3. The molecule has 0 unspecified atom stereocenters. The molecule has 1 aromatic heterocycles. The van der Waals surface area contributed by atoms with Crippen LogP contribution in [0.1, 0.15) is 26.3 Å². The summed E-state index contributed by atoms with van der Waals surface area (Å²) in [6.07, 6.45) is 4.65. The van der Waals surface area contributed by atoms with E-state index >= 15 is 0 Å². The van der Waals surface area contributed by atoms with E-state index in [9.17, 15) is 0 Å². The molecule has 6 nitrogen and oxygen atoms in total. The lowest BCUT2D eigenvalue weighted by molar-refractivity contribution is 0.0310. The Hall–Kier alpha value is -2.34. The normalized spacial score (nSPS) is 12.2. The van der Waals surface area contributed by atoms with Gasteiger partial charge in [0.25, 0.3) is 0 Å². The van der Waals surface area contributed by atoms with Gasteiger partial charge >= 0.3 is 0 Å². The first kappa shape index (κ1) is 19.0. The second-order valence-corrected chi connectivity index (χ2v) is 6.45. The molecule has 0 spiro atoms. The zero-order chi connectivity index (χ0) is 18.1. The molecule has 0 aliphatic heterocycles. The molecule has 0 amide bonds. The number of nitrogens with one attached hydrogen (secondary N) is 2. The third kappa shape index (κ3) is 6.23. The number of ether oxygens (including phenoxy) is 1. The molecule has 0 radical (unpaired) electrons. The van der Waals surface area contributed by atoms with Gasteiger partial charge in [0.15, 0.2) is 5.96 Å². The Morgan fingerprint density at radius 3 is 2.60 bits per heavy atom. The van der Waals surface area contributed by atoms with E-state index in [2.05, 4.69) is 51.9 Å². The second kappa shape index (κ2) is 9.22. The third-order valence-electron chi connectivity index (χ3n) is 3.93. The maximum atomic E-state index is 5.41. The predicted octanol–water partition coefficient (Wildman–Crippen LogP) is 2.39. The first-order valence-electron chi connectivity index (χ1n) is 8.70. The lowest BCUT2D eigenvalue weighted by atomic mass is 10.1. The largest absolute Gasteiger partial charge is 0.377 e. The van der Waals surface area contributed by atoms with Gasteiger partial charge in [-0.3, -0.25) is 4.99 Å². The number of guanidine groups is 1. The minimum Gasteiger partial charge on any atom is -0.377 e. The molecule has 136 valence electrons. The first-order valence-corrected chi connectivity index (χ1v) is 8.70. The lowest BCUT2D eigenvalue weighted by Crippen LogP contribution is -2.40. The molecule has 6 heteroatoms. The molecule has 0 bridgehead atoms. The zero-order valence-electron chi connectivity index (χ0n) is 15.6. The number of rotatable bonds is 8. The fourth-order valence-corrected chi connectivity index (χ4v) is 2.24. The Bertz CT molecular complexity index is 647. The fraction of sp³-hybridized carbons (Fsp3) is 0.474. The second-order valence-electron chi connectivity index (χ2n) is 6.45. The molecule has 1 aromatic carbocycles. The van der Waals surface area contributed by atoms with Gasteiger partial charge in [-0.05, 0) is 51.0 Å². The van der Waals surface area contributed by atoms with Crippen LogP contribution in [0.25, 0.3) is 5.69 Å². The van der Waals surface area contributed by atoms with Crippen LogP contribution < -0.4 is 10.6 Å². The molecule has 0 fully saturated rings. The van der Waals surface area contributed by atoms with Gasteiger partial charge in [0, 0.05) is 32.6 Å². The molecular weight excluding hydrogens is 314 g/mol. The van der Waals surface area contributed by atoms with Crippen molar-refractivity contribution < 1.29 is 4.74 Å². The highest BCUT2D eigenvalue weighted by atomic mass is 16.5. The number of benzene rings is 1. The van der Waals surface area contributed by atoms with Crippen LogP contribution >= 0.6 is 0 Å². The Balaban J connectivity index is 1.85. The van der Waals surface area contributed by atoms with Crippen molar-refractivity contribution in [3.63, 3.8) is 0 Å². The van der Waals surface area contributed by atoms with Gasteiger partial charge in [-0.25, -0.2) is 4.68 Å². The van der Waals surface area contributed by atoms with Crippen LogP contribution in [0, 0.1) is 0 Å². The Kier molecular flexibility index (Phi) is 7.01. The van der Waals surface area contributed by atoms with E-state index in [1.165, 1.54) is 5.56 Å². The maximum Gasteiger partial charge on any atom is 0.191 e. The molecule has 0 aliphatic carbocycles. The van der Waals surface area contributed by atoms with Gasteiger partial charge < -0.3 is 15.4 Å². The van der Waals surface area contributed by atoms with Crippen molar-refractivity contribution in [1.82, 2.24) is 20.4 Å². The fourth-order valence-electron chi connectivity index (χ4n) is 2.24. The van der Waals surface area contributed by atoms with E-state index in [4.69, 9.17) is 4.74 Å². The average molecular weight is 343 g/mol. The summed E-state index contributed by atoms with van der Waals surface area (Å²) < 4.78 is 7.27. The molecule has 2 aromatic rings. The molecule has 1 heterocycles. The Labute approximate surface area is 150 Å². The van der Waals surface area contributed by atoms with Crippen molar-refractivity contribution in [2.75, 3.05) is 26.7 Å². The molecule has 0 atom stereocenters. The van der Waals surface area contributed by atoms with Crippen LogP contribution in [-0.4, -0.2) is 48.1 Å². The minimum absolute atomic E-state index is 0.259. The number of aromatic nitrogens is 2. The number of aliphatic imine (C=N–C) groups is 1. The minimum atomic E-state index is -0.259. The average Bonchev–Trinajstić information content (AvgIpc) is 3.15. The summed E-state index contributed by atoms with van der Waals surface area (Å²) in [6.45, 7) is 8.38. The highest BCUT2D eigenvalue weighted by molar-refractivity contribution is 5.79. The van der Waals surface area contributed by atoms with Crippen LogP contribution in [0.4, 0.5) is 0 Å². The van der Waals surface area contributed by atoms with Crippen molar-refractivity contribution in [2.45, 2.75) is 32.8 Å². The molecule has 2 N–H and O–H groups in total.